The number of rotatable bonds is 4. The molecule has 0 spiro atoms. The highest BCUT2D eigenvalue weighted by atomic mass is 19.1. The third-order valence-corrected chi connectivity index (χ3v) is 6.73. The number of carbonyl (C=O) groups is 2. The maximum atomic E-state index is 13.2. The van der Waals surface area contributed by atoms with Gasteiger partial charge >= 0.3 is 0 Å². The number of likely N-dealkylation sites (tertiary alicyclic amines) is 1. The van der Waals surface area contributed by atoms with Gasteiger partial charge in [-0.25, -0.2) is 9.37 Å². The van der Waals surface area contributed by atoms with Gasteiger partial charge in [0.25, 0.3) is 5.56 Å². The Morgan fingerprint density at radius 1 is 1.09 bits per heavy atom. The molecule has 1 saturated heterocycles. The number of fused-ring (bicyclic) bond motifs is 1. The van der Waals surface area contributed by atoms with E-state index in [0.717, 1.165) is 43.4 Å². The molecule has 2 fully saturated rings. The molecule has 1 aliphatic carbocycles. The summed E-state index contributed by atoms with van der Waals surface area (Å²) in [6.45, 7) is 1.50. The first-order chi connectivity index (χ1) is 15.5. The van der Waals surface area contributed by atoms with Crippen molar-refractivity contribution < 1.29 is 14.0 Å². The van der Waals surface area contributed by atoms with Crippen LogP contribution in [0.25, 0.3) is 0 Å². The molecule has 1 atom stereocenters. The lowest BCUT2D eigenvalue weighted by molar-refractivity contribution is -0.135. The Morgan fingerprint density at radius 2 is 1.88 bits per heavy atom. The van der Waals surface area contributed by atoms with Crippen LogP contribution in [-0.2, 0) is 29.0 Å². The number of amides is 2. The van der Waals surface area contributed by atoms with Crippen LogP contribution in [0.1, 0.15) is 60.8 Å². The van der Waals surface area contributed by atoms with Crippen LogP contribution in [0.2, 0.25) is 0 Å². The summed E-state index contributed by atoms with van der Waals surface area (Å²) in [4.78, 5) is 49.6. The van der Waals surface area contributed by atoms with Crippen molar-refractivity contribution in [3.63, 3.8) is 0 Å². The molecule has 2 amide bonds. The lowest BCUT2D eigenvalue weighted by Crippen LogP contribution is -2.43. The molecule has 3 aliphatic rings. The summed E-state index contributed by atoms with van der Waals surface area (Å²) in [5.74, 6) is 0.422. The highest BCUT2D eigenvalue weighted by molar-refractivity contribution is 5.81. The van der Waals surface area contributed by atoms with Crippen LogP contribution >= 0.6 is 0 Å². The fourth-order valence-electron chi connectivity index (χ4n) is 4.77. The molecule has 2 aliphatic heterocycles. The van der Waals surface area contributed by atoms with E-state index in [1.54, 1.807) is 21.9 Å². The second kappa shape index (κ2) is 8.48. The first-order valence-corrected chi connectivity index (χ1v) is 11.4. The van der Waals surface area contributed by atoms with Crippen molar-refractivity contribution in [2.24, 2.45) is 5.92 Å². The Bertz CT molecular complexity index is 1090. The van der Waals surface area contributed by atoms with E-state index in [1.165, 1.54) is 12.1 Å². The van der Waals surface area contributed by atoms with Crippen LogP contribution in [0, 0.1) is 11.7 Å². The standard InChI is InChI=1S/C24H27FN4O3/c25-17-8-4-15(5-9-17)13-21(30)29-11-2-1-3-20(29)22-26-19-10-12-28(24(32)16-6-7-16)14-18(19)23(31)27-22/h4-5,8-9,16,20H,1-3,6-7,10-14H2,(H,26,27,31)/t20-/m0/s1. The maximum Gasteiger partial charge on any atom is 0.256 e. The SMILES string of the molecule is O=C(C1CC1)N1CCc2nc([C@@H]3CCCCN3C(=O)Cc3ccc(F)cc3)[nH]c(=O)c2C1. The van der Waals surface area contributed by atoms with Crippen molar-refractivity contribution in [1.29, 1.82) is 0 Å². The number of piperidine rings is 1. The maximum absolute atomic E-state index is 13.2. The van der Waals surface area contributed by atoms with Gasteiger partial charge in [0.05, 0.1) is 30.3 Å². The predicted octanol–water partition coefficient (Wildman–Crippen LogP) is 2.50. The van der Waals surface area contributed by atoms with Crippen LogP contribution in [0.3, 0.4) is 0 Å². The zero-order valence-electron chi connectivity index (χ0n) is 18.0. The lowest BCUT2D eigenvalue weighted by Gasteiger charge is -2.36. The Hall–Kier alpha value is -3.03. The Morgan fingerprint density at radius 3 is 2.62 bits per heavy atom. The van der Waals surface area contributed by atoms with E-state index < -0.39 is 0 Å². The van der Waals surface area contributed by atoms with E-state index >= 15 is 0 Å². The summed E-state index contributed by atoms with van der Waals surface area (Å²) in [5, 5.41) is 0. The number of hydrogen-bond acceptors (Lipinski definition) is 4. The van der Waals surface area contributed by atoms with Crippen molar-refractivity contribution in [2.75, 3.05) is 13.1 Å². The molecule has 3 heterocycles. The highest BCUT2D eigenvalue weighted by Gasteiger charge is 2.36. The molecule has 168 valence electrons. The van der Waals surface area contributed by atoms with Gasteiger partial charge in [0.1, 0.15) is 11.6 Å². The van der Waals surface area contributed by atoms with Crippen molar-refractivity contribution in [3.8, 4) is 0 Å². The molecular formula is C24H27FN4O3. The Balaban J connectivity index is 1.36. The zero-order chi connectivity index (χ0) is 22.2. The monoisotopic (exact) mass is 438 g/mol. The molecule has 1 saturated carbocycles. The topological polar surface area (TPSA) is 86.4 Å². The van der Waals surface area contributed by atoms with E-state index in [-0.39, 0.29) is 41.6 Å². The van der Waals surface area contributed by atoms with E-state index in [2.05, 4.69) is 4.98 Å². The van der Waals surface area contributed by atoms with Crippen LogP contribution in [0.4, 0.5) is 4.39 Å². The van der Waals surface area contributed by atoms with Gasteiger partial charge < -0.3 is 14.8 Å². The number of nitrogens with zero attached hydrogens (tertiary/aromatic N) is 3. The number of benzene rings is 1. The van der Waals surface area contributed by atoms with Gasteiger partial charge in [-0.3, -0.25) is 14.4 Å². The van der Waals surface area contributed by atoms with Gasteiger partial charge in [0.2, 0.25) is 11.8 Å². The average molecular weight is 439 g/mol. The number of nitrogens with one attached hydrogen (secondary N) is 1. The third kappa shape index (κ3) is 4.18. The Kier molecular flexibility index (Phi) is 5.53. The number of aromatic amines is 1. The smallest absolute Gasteiger partial charge is 0.256 e. The van der Waals surface area contributed by atoms with Gasteiger partial charge in [0.15, 0.2) is 0 Å². The minimum Gasteiger partial charge on any atom is -0.337 e. The van der Waals surface area contributed by atoms with Gasteiger partial charge in [-0.15, -0.1) is 0 Å². The summed E-state index contributed by atoms with van der Waals surface area (Å²) < 4.78 is 13.2. The molecule has 1 N–H and O–H groups in total. The minimum absolute atomic E-state index is 0.0529. The van der Waals surface area contributed by atoms with Crippen LogP contribution in [-0.4, -0.2) is 44.7 Å². The molecule has 5 rings (SSSR count). The normalized spacial score (nSPS) is 20.7. The van der Waals surface area contributed by atoms with Crippen molar-refractivity contribution in [1.82, 2.24) is 19.8 Å². The third-order valence-electron chi connectivity index (χ3n) is 6.73. The highest BCUT2D eigenvalue weighted by Crippen LogP contribution is 2.33. The minimum atomic E-state index is -0.328. The molecule has 32 heavy (non-hydrogen) atoms. The molecule has 8 heteroatoms. The quantitative estimate of drug-likeness (QED) is 0.795. The number of hydrogen-bond donors (Lipinski definition) is 1. The second-order valence-electron chi connectivity index (χ2n) is 9.06. The van der Waals surface area contributed by atoms with Gasteiger partial charge in [-0.2, -0.15) is 0 Å². The molecule has 2 aromatic rings. The predicted molar refractivity (Wildman–Crippen MR) is 115 cm³/mol. The lowest BCUT2D eigenvalue weighted by atomic mass is 9.99. The molecule has 0 radical (unpaired) electrons. The molecule has 1 aromatic carbocycles. The van der Waals surface area contributed by atoms with Gasteiger partial charge in [-0.1, -0.05) is 12.1 Å². The van der Waals surface area contributed by atoms with Crippen molar-refractivity contribution in [2.45, 2.75) is 57.5 Å². The van der Waals surface area contributed by atoms with Crippen LogP contribution in [0.5, 0.6) is 0 Å². The first kappa shape index (κ1) is 20.8. The summed E-state index contributed by atoms with van der Waals surface area (Å²) in [6.07, 6.45) is 5.22. The van der Waals surface area contributed by atoms with Crippen molar-refractivity contribution in [3.05, 3.63) is 63.1 Å². The number of H-pyrrole nitrogens is 1. The van der Waals surface area contributed by atoms with E-state index in [1.807, 2.05) is 0 Å². The fraction of sp³-hybridized carbons (Fsp3) is 0.500. The van der Waals surface area contributed by atoms with E-state index in [4.69, 9.17) is 4.98 Å². The second-order valence-corrected chi connectivity index (χ2v) is 9.06. The number of aromatic nitrogens is 2. The molecule has 0 bridgehead atoms. The first-order valence-electron chi connectivity index (χ1n) is 11.4. The zero-order valence-corrected chi connectivity index (χ0v) is 18.0. The van der Waals surface area contributed by atoms with E-state index in [9.17, 15) is 18.8 Å². The molecule has 1 aromatic heterocycles. The molecule has 0 unspecified atom stereocenters. The Labute approximate surface area is 185 Å². The number of halogens is 1. The molecular weight excluding hydrogens is 411 g/mol. The summed E-state index contributed by atoms with van der Waals surface area (Å²) in [5.41, 5.74) is 1.84. The largest absolute Gasteiger partial charge is 0.337 e. The fourth-order valence-corrected chi connectivity index (χ4v) is 4.77. The number of carbonyl (C=O) groups excluding carboxylic acids is 2. The van der Waals surface area contributed by atoms with Gasteiger partial charge in [-0.05, 0) is 49.8 Å². The van der Waals surface area contributed by atoms with E-state index in [0.29, 0.717) is 37.4 Å². The average Bonchev–Trinajstić information content (AvgIpc) is 3.65. The van der Waals surface area contributed by atoms with Crippen molar-refractivity contribution >= 4 is 11.8 Å². The van der Waals surface area contributed by atoms with Crippen LogP contribution < -0.4 is 5.56 Å². The van der Waals surface area contributed by atoms with Crippen LogP contribution in [0.15, 0.2) is 29.1 Å². The van der Waals surface area contributed by atoms with Gasteiger partial charge in [0, 0.05) is 25.4 Å². The summed E-state index contributed by atoms with van der Waals surface area (Å²) in [6, 6.07) is 5.69. The molecule has 7 nitrogen and oxygen atoms in total. The summed E-state index contributed by atoms with van der Waals surface area (Å²) >= 11 is 0. The summed E-state index contributed by atoms with van der Waals surface area (Å²) in [7, 11) is 0.